The molecule has 196 valence electrons. The molecule has 0 radical (unpaired) electrons. The van der Waals surface area contributed by atoms with Crippen LogP contribution in [0.2, 0.25) is 0 Å². The lowest BCUT2D eigenvalue weighted by molar-refractivity contribution is -0.141. The molecule has 0 spiro atoms. The predicted octanol–water partition coefficient (Wildman–Crippen LogP) is 2.93. The van der Waals surface area contributed by atoms with Gasteiger partial charge in [-0.3, -0.25) is 4.79 Å². The Morgan fingerprint density at radius 3 is 1.80 bits per heavy atom. The van der Waals surface area contributed by atoms with Crippen LogP contribution in [-0.4, -0.2) is 57.8 Å². The van der Waals surface area contributed by atoms with Gasteiger partial charge in [0.2, 0.25) is 5.91 Å². The Kier molecular flexibility index (Phi) is 10.7. The molecule has 10 nitrogen and oxygen atoms in total. The summed E-state index contributed by atoms with van der Waals surface area (Å²) in [6.45, 7) is 10.4. The fourth-order valence-corrected chi connectivity index (χ4v) is 3.18. The average molecular weight is 495 g/mol. The summed E-state index contributed by atoms with van der Waals surface area (Å²) in [4.78, 5) is 50.2. The Balaban J connectivity index is 3.43. The van der Waals surface area contributed by atoms with Gasteiger partial charge in [-0.05, 0) is 78.6 Å². The van der Waals surface area contributed by atoms with Crippen LogP contribution in [0.4, 0.5) is 0 Å². The van der Waals surface area contributed by atoms with Crippen molar-refractivity contribution in [1.82, 2.24) is 5.32 Å². The number of carboxylic acid groups (broad SMARTS) is 1. The van der Waals surface area contributed by atoms with Crippen LogP contribution in [0.5, 0.6) is 5.75 Å². The summed E-state index contributed by atoms with van der Waals surface area (Å²) in [6.07, 6.45) is 1.72. The number of aromatic hydroxyl groups is 1. The number of hydrogen-bond acceptors (Lipinski definition) is 8. The monoisotopic (exact) mass is 494 g/mol. The summed E-state index contributed by atoms with van der Waals surface area (Å²) in [6, 6.07) is 0.763. The van der Waals surface area contributed by atoms with Crippen LogP contribution in [0.25, 0.3) is 0 Å². The van der Waals surface area contributed by atoms with Crippen LogP contribution in [0, 0.1) is 0 Å². The number of carbonyl (C=O) groups excluding carboxylic acids is 3. The van der Waals surface area contributed by atoms with Crippen molar-refractivity contribution in [3.8, 4) is 5.75 Å². The van der Waals surface area contributed by atoms with E-state index in [4.69, 9.17) is 15.2 Å². The van der Waals surface area contributed by atoms with Gasteiger partial charge in [0.15, 0.2) is 0 Å². The number of hydrogen-bond donors (Lipinski definition) is 4. The number of benzene rings is 1. The molecule has 35 heavy (non-hydrogen) atoms. The molecular formula is C25H38N2O8. The van der Waals surface area contributed by atoms with Gasteiger partial charge in [0.1, 0.15) is 23.0 Å². The number of nitrogens with two attached hydrogens (primary N) is 1. The van der Waals surface area contributed by atoms with Crippen molar-refractivity contribution in [2.24, 2.45) is 5.73 Å². The quantitative estimate of drug-likeness (QED) is 0.267. The van der Waals surface area contributed by atoms with Crippen molar-refractivity contribution in [2.45, 2.75) is 90.9 Å². The van der Waals surface area contributed by atoms with Crippen molar-refractivity contribution >= 4 is 23.8 Å². The van der Waals surface area contributed by atoms with E-state index in [9.17, 15) is 29.4 Å². The van der Waals surface area contributed by atoms with E-state index in [1.165, 1.54) is 0 Å². The molecule has 1 aromatic rings. The summed E-state index contributed by atoms with van der Waals surface area (Å²) < 4.78 is 10.8. The van der Waals surface area contributed by atoms with E-state index < -0.39 is 53.2 Å². The number of aliphatic carboxylic acids is 1. The minimum absolute atomic E-state index is 0.0119. The average Bonchev–Trinajstić information content (AvgIpc) is 2.68. The third-order valence-corrected chi connectivity index (χ3v) is 4.62. The lowest BCUT2D eigenvalue weighted by Gasteiger charge is -2.24. The molecule has 0 saturated heterocycles. The molecule has 10 heteroatoms. The molecule has 0 saturated carbocycles. The number of carboxylic acids is 1. The second-order valence-corrected chi connectivity index (χ2v) is 10.3. The molecule has 1 rings (SSSR count). The highest BCUT2D eigenvalue weighted by molar-refractivity contribution is 5.99. The number of ether oxygens (including phenoxy) is 2. The lowest BCUT2D eigenvalue weighted by atomic mass is 9.93. The van der Waals surface area contributed by atoms with E-state index in [1.54, 1.807) is 41.5 Å². The number of nitrogens with one attached hydrogen (secondary N) is 1. The zero-order valence-corrected chi connectivity index (χ0v) is 21.4. The smallest absolute Gasteiger partial charge is 0.339 e. The maximum absolute atomic E-state index is 12.9. The first-order valence-electron chi connectivity index (χ1n) is 11.6. The first kappa shape index (κ1) is 29.9. The molecule has 1 unspecified atom stereocenters. The van der Waals surface area contributed by atoms with E-state index in [0.29, 0.717) is 13.0 Å². The van der Waals surface area contributed by atoms with Crippen LogP contribution in [-0.2, 0) is 25.5 Å². The van der Waals surface area contributed by atoms with Crippen LogP contribution in [0.15, 0.2) is 12.1 Å². The maximum Gasteiger partial charge on any atom is 0.339 e. The van der Waals surface area contributed by atoms with Crippen molar-refractivity contribution < 1.29 is 38.9 Å². The number of unbranched alkanes of at least 4 members (excludes halogenated alkanes) is 2. The van der Waals surface area contributed by atoms with E-state index in [-0.39, 0.29) is 23.1 Å². The summed E-state index contributed by atoms with van der Waals surface area (Å²) in [7, 11) is 0. The van der Waals surface area contributed by atoms with Crippen molar-refractivity contribution in [2.75, 3.05) is 6.54 Å². The highest BCUT2D eigenvalue weighted by Gasteiger charge is 2.31. The fourth-order valence-electron chi connectivity index (χ4n) is 3.18. The number of amides is 1. The normalized spacial score (nSPS) is 12.5. The predicted molar refractivity (Wildman–Crippen MR) is 129 cm³/mol. The van der Waals surface area contributed by atoms with Crippen molar-refractivity contribution in [3.63, 3.8) is 0 Å². The number of phenols is 1. The third kappa shape index (κ3) is 10.8. The van der Waals surface area contributed by atoms with Gasteiger partial charge >= 0.3 is 17.9 Å². The largest absolute Gasteiger partial charge is 0.508 e. The summed E-state index contributed by atoms with van der Waals surface area (Å²) in [5.41, 5.74) is 3.27. The molecule has 0 aromatic heterocycles. The maximum atomic E-state index is 12.9. The number of rotatable bonds is 11. The highest BCUT2D eigenvalue weighted by atomic mass is 16.6. The van der Waals surface area contributed by atoms with Gasteiger partial charge in [-0.2, -0.15) is 0 Å². The first-order valence-corrected chi connectivity index (χ1v) is 11.6. The van der Waals surface area contributed by atoms with Gasteiger partial charge in [0.25, 0.3) is 0 Å². The second-order valence-electron chi connectivity index (χ2n) is 10.3. The summed E-state index contributed by atoms with van der Waals surface area (Å²) >= 11 is 0. The molecule has 0 aliphatic heterocycles. The zero-order valence-electron chi connectivity index (χ0n) is 21.4. The van der Waals surface area contributed by atoms with Crippen molar-refractivity contribution in [1.29, 1.82) is 0 Å². The van der Waals surface area contributed by atoms with Crippen molar-refractivity contribution in [3.05, 3.63) is 28.8 Å². The van der Waals surface area contributed by atoms with E-state index >= 15 is 0 Å². The van der Waals surface area contributed by atoms with Gasteiger partial charge in [-0.15, -0.1) is 0 Å². The number of esters is 2. The Morgan fingerprint density at radius 1 is 0.914 bits per heavy atom. The number of carbonyl (C=O) groups is 4. The third-order valence-electron chi connectivity index (χ3n) is 4.62. The first-order chi connectivity index (χ1) is 16.0. The molecule has 1 amide bonds. The van der Waals surface area contributed by atoms with Crippen LogP contribution in [0.1, 0.15) is 93.5 Å². The Hall–Kier alpha value is -3.14. The molecule has 0 fully saturated rings. The second kappa shape index (κ2) is 12.5. The molecular weight excluding hydrogens is 456 g/mol. The molecule has 5 N–H and O–H groups in total. The van der Waals surface area contributed by atoms with Gasteiger partial charge < -0.3 is 30.7 Å². The highest BCUT2D eigenvalue weighted by Crippen LogP contribution is 2.28. The minimum atomic E-state index is -1.44. The van der Waals surface area contributed by atoms with Crippen LogP contribution >= 0.6 is 0 Å². The van der Waals surface area contributed by atoms with Gasteiger partial charge in [-0.25, -0.2) is 14.4 Å². The van der Waals surface area contributed by atoms with Gasteiger partial charge in [0, 0.05) is 12.8 Å². The topological polar surface area (TPSA) is 165 Å². The Bertz CT molecular complexity index is 879. The Morgan fingerprint density at radius 2 is 1.40 bits per heavy atom. The van der Waals surface area contributed by atoms with Gasteiger partial charge in [-0.1, -0.05) is 6.42 Å². The minimum Gasteiger partial charge on any atom is -0.508 e. The van der Waals surface area contributed by atoms with Crippen LogP contribution in [0.3, 0.4) is 0 Å². The van der Waals surface area contributed by atoms with Gasteiger partial charge in [0.05, 0.1) is 11.1 Å². The summed E-state index contributed by atoms with van der Waals surface area (Å²) in [5.74, 6) is -3.94. The Labute approximate surface area is 206 Å². The molecule has 0 aliphatic carbocycles. The standard InChI is InChI=1S/C25H38N2O8/c1-24(2,3)34-22(32)17-12-15(28)13-18(23(33)35-25(4,5)6)16(17)14-19(21(30)31)27-20(29)10-8-7-9-11-26/h12-13,19,28H,7-11,14,26H2,1-6H3,(H,27,29)(H,30,31). The molecule has 1 aromatic carbocycles. The van der Waals surface area contributed by atoms with Crippen LogP contribution < -0.4 is 11.1 Å². The molecule has 1 atom stereocenters. The van der Waals surface area contributed by atoms with E-state index in [2.05, 4.69) is 5.32 Å². The number of phenolic OH excluding ortho intramolecular Hbond substituents is 1. The van der Waals surface area contributed by atoms with E-state index in [0.717, 1.165) is 25.0 Å². The zero-order chi connectivity index (χ0) is 27.0. The SMILES string of the molecule is CC(C)(C)OC(=O)c1cc(O)cc(C(=O)OC(C)(C)C)c1CC(NC(=O)CCCCCN)C(=O)O. The van der Waals surface area contributed by atoms with E-state index in [1.807, 2.05) is 0 Å². The molecule has 0 aliphatic rings. The molecule has 0 bridgehead atoms. The lowest BCUT2D eigenvalue weighted by Crippen LogP contribution is -2.43. The fraction of sp³-hybridized carbons (Fsp3) is 0.600. The molecule has 0 heterocycles. The summed E-state index contributed by atoms with van der Waals surface area (Å²) in [5, 5.41) is 22.4.